The number of hydrogen-bond acceptors (Lipinski definition) is 0. The molecule has 0 heterocycles. The second-order valence-corrected chi connectivity index (χ2v) is 6.63. The summed E-state index contributed by atoms with van der Waals surface area (Å²) in [4.78, 5) is 0. The maximum absolute atomic E-state index is 2.47. The molecule has 0 amide bonds. The zero-order chi connectivity index (χ0) is 10.4. The van der Waals surface area contributed by atoms with Gasteiger partial charge in [-0.1, -0.05) is 39.8 Å². The van der Waals surface area contributed by atoms with Gasteiger partial charge in [0.25, 0.3) is 0 Å². The largest absolute Gasteiger partial charge is 0.0882 e. The molecule has 14 heavy (non-hydrogen) atoms. The van der Waals surface area contributed by atoms with Gasteiger partial charge in [0.05, 0.1) is 0 Å². The molecule has 0 bridgehead atoms. The van der Waals surface area contributed by atoms with E-state index in [1.807, 2.05) is 0 Å². The summed E-state index contributed by atoms with van der Waals surface area (Å²) < 4.78 is 0. The first-order valence-electron chi connectivity index (χ1n) is 6.08. The van der Waals surface area contributed by atoms with Gasteiger partial charge in [-0.3, -0.25) is 0 Å². The van der Waals surface area contributed by atoms with E-state index in [9.17, 15) is 0 Å². The molecule has 2 aliphatic rings. The average molecular weight is 192 g/mol. The zero-order valence-corrected chi connectivity index (χ0v) is 10.1. The molecule has 0 N–H and O–H groups in total. The van der Waals surface area contributed by atoms with Crippen LogP contribution in [0, 0.1) is 22.7 Å². The maximum atomic E-state index is 2.47. The highest BCUT2D eigenvalue weighted by Gasteiger charge is 2.46. The van der Waals surface area contributed by atoms with Crippen molar-refractivity contribution in [2.75, 3.05) is 0 Å². The van der Waals surface area contributed by atoms with Crippen LogP contribution in [0.15, 0.2) is 12.2 Å². The van der Waals surface area contributed by atoms with Crippen LogP contribution >= 0.6 is 0 Å². The number of rotatable bonds is 0. The van der Waals surface area contributed by atoms with Crippen molar-refractivity contribution in [2.24, 2.45) is 22.7 Å². The summed E-state index contributed by atoms with van der Waals surface area (Å²) in [6.45, 7) is 9.89. The molecule has 1 fully saturated rings. The van der Waals surface area contributed by atoms with E-state index >= 15 is 0 Å². The molecule has 0 radical (unpaired) electrons. The van der Waals surface area contributed by atoms with E-state index < -0.39 is 0 Å². The van der Waals surface area contributed by atoms with E-state index in [0.29, 0.717) is 10.8 Å². The SMILES string of the molecule is CC1(C)CCC(C)(C)C2CC=CCC21. The van der Waals surface area contributed by atoms with Crippen LogP contribution in [0.5, 0.6) is 0 Å². The lowest BCUT2D eigenvalue weighted by molar-refractivity contribution is -0.0200. The first kappa shape index (κ1) is 10.3. The smallest absolute Gasteiger partial charge is 0.0292 e. The van der Waals surface area contributed by atoms with Crippen LogP contribution in [0.25, 0.3) is 0 Å². The van der Waals surface area contributed by atoms with Gasteiger partial charge in [0.2, 0.25) is 0 Å². The fraction of sp³-hybridized carbons (Fsp3) is 0.857. The molecule has 1 saturated carbocycles. The van der Waals surface area contributed by atoms with Gasteiger partial charge < -0.3 is 0 Å². The molecule has 2 rings (SSSR count). The van der Waals surface area contributed by atoms with Crippen LogP contribution in [-0.2, 0) is 0 Å². The van der Waals surface area contributed by atoms with E-state index in [2.05, 4.69) is 39.8 Å². The van der Waals surface area contributed by atoms with Crippen LogP contribution in [0.1, 0.15) is 53.4 Å². The molecule has 2 atom stereocenters. The second-order valence-electron chi connectivity index (χ2n) is 6.63. The summed E-state index contributed by atoms with van der Waals surface area (Å²) in [7, 11) is 0. The third-order valence-corrected chi connectivity index (χ3v) is 4.85. The van der Waals surface area contributed by atoms with Gasteiger partial charge in [-0.25, -0.2) is 0 Å². The Morgan fingerprint density at radius 1 is 0.786 bits per heavy atom. The van der Waals surface area contributed by atoms with E-state index in [1.165, 1.54) is 25.7 Å². The second kappa shape index (κ2) is 3.12. The molecular weight excluding hydrogens is 168 g/mol. The van der Waals surface area contributed by atoms with E-state index in [-0.39, 0.29) is 0 Å². The highest BCUT2D eigenvalue weighted by atomic mass is 14.5. The van der Waals surface area contributed by atoms with Gasteiger partial charge in [-0.2, -0.15) is 0 Å². The molecule has 2 unspecified atom stereocenters. The molecule has 2 aliphatic carbocycles. The zero-order valence-electron chi connectivity index (χ0n) is 10.1. The van der Waals surface area contributed by atoms with Crippen LogP contribution in [-0.4, -0.2) is 0 Å². The lowest BCUT2D eigenvalue weighted by Gasteiger charge is -2.53. The van der Waals surface area contributed by atoms with Crippen molar-refractivity contribution < 1.29 is 0 Å². The third-order valence-electron chi connectivity index (χ3n) is 4.85. The van der Waals surface area contributed by atoms with E-state index in [1.54, 1.807) is 0 Å². The average Bonchev–Trinajstić information content (AvgIpc) is 2.14. The summed E-state index contributed by atoms with van der Waals surface area (Å²) in [5.74, 6) is 1.85. The molecule has 0 saturated heterocycles. The first-order chi connectivity index (χ1) is 6.43. The molecule has 0 aromatic rings. The fourth-order valence-corrected chi connectivity index (χ4v) is 3.56. The van der Waals surface area contributed by atoms with Gasteiger partial charge in [0, 0.05) is 0 Å². The van der Waals surface area contributed by atoms with Crippen molar-refractivity contribution in [3.05, 3.63) is 12.2 Å². The lowest BCUT2D eigenvalue weighted by Crippen LogP contribution is -2.44. The molecule has 0 nitrogen and oxygen atoms in total. The first-order valence-corrected chi connectivity index (χ1v) is 6.08. The van der Waals surface area contributed by atoms with Crippen molar-refractivity contribution in [3.8, 4) is 0 Å². The molecule has 0 aromatic carbocycles. The van der Waals surface area contributed by atoms with Gasteiger partial charge >= 0.3 is 0 Å². The molecule has 80 valence electrons. The van der Waals surface area contributed by atoms with Gasteiger partial charge in [0.1, 0.15) is 0 Å². The van der Waals surface area contributed by atoms with Gasteiger partial charge in [-0.15, -0.1) is 0 Å². The summed E-state index contributed by atoms with van der Waals surface area (Å²) in [5.41, 5.74) is 1.15. The summed E-state index contributed by atoms with van der Waals surface area (Å²) in [5, 5.41) is 0. The quantitative estimate of drug-likeness (QED) is 0.499. The van der Waals surface area contributed by atoms with Crippen LogP contribution < -0.4 is 0 Å². The number of allylic oxidation sites excluding steroid dienone is 2. The normalized spacial score (nSPS) is 39.1. The topological polar surface area (TPSA) is 0 Å². The van der Waals surface area contributed by atoms with Crippen molar-refractivity contribution in [1.82, 2.24) is 0 Å². The summed E-state index contributed by atoms with van der Waals surface area (Å²) in [6, 6.07) is 0. The number of fused-ring (bicyclic) bond motifs is 1. The predicted molar refractivity (Wildman–Crippen MR) is 62.2 cm³/mol. The van der Waals surface area contributed by atoms with Crippen LogP contribution in [0.3, 0.4) is 0 Å². The highest BCUT2D eigenvalue weighted by molar-refractivity contribution is 5.05. The lowest BCUT2D eigenvalue weighted by atomic mass is 9.52. The molecule has 0 heteroatoms. The van der Waals surface area contributed by atoms with Gasteiger partial charge in [0.15, 0.2) is 0 Å². The minimum Gasteiger partial charge on any atom is -0.0882 e. The Bertz CT molecular complexity index is 219. The Balaban J connectivity index is 2.28. The Morgan fingerprint density at radius 3 is 1.50 bits per heavy atom. The maximum Gasteiger partial charge on any atom is -0.0292 e. The Labute approximate surface area is 88.8 Å². The number of hydrogen-bond donors (Lipinski definition) is 0. The molecule has 0 spiro atoms. The third kappa shape index (κ3) is 1.53. The highest BCUT2D eigenvalue weighted by Crippen LogP contribution is 2.56. The molecular formula is C14H24. The minimum atomic E-state index is 0.574. The summed E-state index contributed by atoms with van der Waals surface area (Å²) >= 11 is 0. The molecule has 0 aliphatic heterocycles. The van der Waals surface area contributed by atoms with Crippen molar-refractivity contribution in [2.45, 2.75) is 53.4 Å². The molecule has 0 aromatic heterocycles. The van der Waals surface area contributed by atoms with E-state index in [4.69, 9.17) is 0 Å². The Hall–Kier alpha value is -0.260. The minimum absolute atomic E-state index is 0.574. The Morgan fingerprint density at radius 2 is 1.14 bits per heavy atom. The Kier molecular flexibility index (Phi) is 2.28. The fourth-order valence-electron chi connectivity index (χ4n) is 3.56. The van der Waals surface area contributed by atoms with Crippen molar-refractivity contribution in [3.63, 3.8) is 0 Å². The van der Waals surface area contributed by atoms with Crippen molar-refractivity contribution in [1.29, 1.82) is 0 Å². The van der Waals surface area contributed by atoms with E-state index in [0.717, 1.165) is 11.8 Å². The summed E-state index contributed by atoms with van der Waals surface area (Å²) in [6.07, 6.45) is 10.3. The van der Waals surface area contributed by atoms with Crippen LogP contribution in [0.2, 0.25) is 0 Å². The monoisotopic (exact) mass is 192 g/mol. The van der Waals surface area contributed by atoms with Crippen LogP contribution in [0.4, 0.5) is 0 Å². The van der Waals surface area contributed by atoms with Crippen molar-refractivity contribution >= 4 is 0 Å². The predicted octanol–water partition coefficient (Wildman–Crippen LogP) is 4.42. The van der Waals surface area contributed by atoms with Gasteiger partial charge in [-0.05, 0) is 48.3 Å². The standard InChI is InChI=1S/C14H24/c1-13(2)9-10-14(3,4)12-8-6-5-7-11(12)13/h5-6,11-12H,7-10H2,1-4H3.